The number of halogens is 1. The molecular formula is C24H20BrN5O. The molecule has 1 fully saturated rings. The summed E-state index contributed by atoms with van der Waals surface area (Å²) in [5.74, 6) is 1.28. The van der Waals surface area contributed by atoms with Crippen LogP contribution >= 0.6 is 15.9 Å². The Morgan fingerprint density at radius 1 is 1.19 bits per heavy atom. The highest BCUT2D eigenvalue weighted by molar-refractivity contribution is 9.10. The van der Waals surface area contributed by atoms with Crippen molar-refractivity contribution in [2.24, 2.45) is 5.92 Å². The first-order valence-electron chi connectivity index (χ1n) is 9.98. The summed E-state index contributed by atoms with van der Waals surface area (Å²) in [6.07, 6.45) is 5.45. The molecule has 1 aliphatic carbocycles. The highest BCUT2D eigenvalue weighted by Gasteiger charge is 2.61. The molecule has 2 aliphatic rings. The number of hydrogen-bond acceptors (Lipinski definition) is 4. The van der Waals surface area contributed by atoms with Gasteiger partial charge < -0.3 is 15.8 Å². The largest absolute Gasteiger partial charge is 0.762 e. The van der Waals surface area contributed by atoms with Crippen molar-refractivity contribution in [1.82, 2.24) is 5.32 Å². The zero-order chi connectivity index (χ0) is 22.2. The number of nitrogens with zero attached hydrogens (tertiary/aromatic N) is 4. The molecule has 6 nitrogen and oxygen atoms in total. The topological polar surface area (TPSA) is 106 Å². The maximum Gasteiger partial charge on any atom is 0.216 e. The van der Waals surface area contributed by atoms with Crippen molar-refractivity contribution in [2.45, 2.75) is 37.5 Å². The fourth-order valence-corrected chi connectivity index (χ4v) is 4.62. The number of pyridine rings is 1. The molecule has 2 heterocycles. The molecule has 0 spiro atoms. The predicted molar refractivity (Wildman–Crippen MR) is 118 cm³/mol. The van der Waals surface area contributed by atoms with Gasteiger partial charge in [0.15, 0.2) is 12.4 Å². The fourth-order valence-electron chi connectivity index (χ4n) is 4.35. The number of nitriles is 2. The highest BCUT2D eigenvalue weighted by atomic mass is 79.9. The monoisotopic (exact) mass is 473 g/mol. The molecule has 154 valence electrons. The van der Waals surface area contributed by atoms with Gasteiger partial charge in [0.05, 0.1) is 28.8 Å². The zero-order valence-electron chi connectivity index (χ0n) is 16.9. The molecule has 1 aromatic carbocycles. The Bertz CT molecular complexity index is 1180. The first kappa shape index (κ1) is 21.0. The number of aromatic nitrogens is 1. The predicted octanol–water partition coefficient (Wildman–Crippen LogP) is 3.54. The van der Waals surface area contributed by atoms with E-state index in [4.69, 9.17) is 0 Å². The maximum atomic E-state index is 12.0. The standard InChI is InChI=1S/C24H20BrN5O/c1-15-8-10-30(11-9-15)23-21(16-2-6-19(25)7-3-16)20(14-28)22(17(12-26)13-27)29-24(23,31)18-4-5-18/h2-3,6-11,18,21,23,29,31H,4-5H2,1H3/t21-,23+,24-/m0/s1. The maximum absolute atomic E-state index is 12.0. The lowest BCUT2D eigenvalue weighted by Gasteiger charge is -2.43. The fraction of sp³-hybridized carbons (Fsp3) is 0.292. The lowest BCUT2D eigenvalue weighted by molar-refractivity contribution is -0.742. The lowest BCUT2D eigenvalue weighted by Crippen LogP contribution is -2.66. The van der Waals surface area contributed by atoms with E-state index < -0.39 is 17.7 Å². The van der Waals surface area contributed by atoms with Crippen LogP contribution in [0.1, 0.15) is 35.9 Å². The van der Waals surface area contributed by atoms with Crippen molar-refractivity contribution < 1.29 is 9.67 Å². The number of aliphatic hydroxyl groups is 1. The van der Waals surface area contributed by atoms with E-state index in [0.29, 0.717) is 0 Å². The van der Waals surface area contributed by atoms with E-state index in [1.807, 2.05) is 72.2 Å². The Kier molecular flexibility index (Phi) is 5.52. The van der Waals surface area contributed by atoms with Gasteiger partial charge in [0.1, 0.15) is 6.07 Å². The van der Waals surface area contributed by atoms with Crippen molar-refractivity contribution in [3.8, 4) is 12.1 Å². The Hall–Kier alpha value is -3.22. The lowest BCUT2D eigenvalue weighted by atomic mass is 9.74. The van der Waals surface area contributed by atoms with Crippen LogP contribution in [0.5, 0.6) is 0 Å². The van der Waals surface area contributed by atoms with Crippen LogP contribution < -0.4 is 9.88 Å². The van der Waals surface area contributed by atoms with Crippen LogP contribution in [0.15, 0.2) is 70.1 Å². The number of allylic oxidation sites excluding steroid dienone is 2. The second-order valence-corrected chi connectivity index (χ2v) is 8.94. The van der Waals surface area contributed by atoms with Crippen LogP contribution in [0, 0.1) is 35.5 Å². The number of rotatable bonds is 4. The summed E-state index contributed by atoms with van der Waals surface area (Å²) in [6.45, 7) is 1.99. The molecule has 4 rings (SSSR count). The van der Waals surface area contributed by atoms with Gasteiger partial charge in [-0.15, -0.1) is 0 Å². The summed E-state index contributed by atoms with van der Waals surface area (Å²) in [5, 5.41) is 44.3. The van der Waals surface area contributed by atoms with Crippen LogP contribution in [0.25, 0.3) is 5.41 Å². The molecule has 0 bridgehead atoms. The van der Waals surface area contributed by atoms with E-state index in [9.17, 15) is 21.0 Å². The van der Waals surface area contributed by atoms with Crippen LogP contribution in [-0.2, 0) is 0 Å². The number of benzene rings is 1. The second kappa shape index (κ2) is 8.13. The highest BCUT2D eigenvalue weighted by Crippen LogP contribution is 2.52. The first-order valence-corrected chi connectivity index (χ1v) is 10.8. The summed E-state index contributed by atoms with van der Waals surface area (Å²) in [4.78, 5) is 0. The molecule has 0 radical (unpaired) electrons. The van der Waals surface area contributed by atoms with Crippen LogP contribution in [-0.4, -0.2) is 16.7 Å². The molecular weight excluding hydrogens is 454 g/mol. The van der Waals surface area contributed by atoms with E-state index in [-0.39, 0.29) is 22.8 Å². The molecule has 1 aromatic heterocycles. The third kappa shape index (κ3) is 3.69. The Balaban J connectivity index is 2.03. The molecule has 3 atom stereocenters. The third-order valence-corrected chi connectivity index (χ3v) is 6.56. The van der Waals surface area contributed by atoms with Crippen LogP contribution in [0.3, 0.4) is 0 Å². The third-order valence-electron chi connectivity index (χ3n) is 6.04. The van der Waals surface area contributed by atoms with Gasteiger partial charge in [-0.2, -0.15) is 15.1 Å². The van der Waals surface area contributed by atoms with E-state index in [2.05, 4.69) is 27.3 Å². The molecule has 1 saturated carbocycles. The minimum Gasteiger partial charge on any atom is -0.762 e. The summed E-state index contributed by atoms with van der Waals surface area (Å²) in [7, 11) is 0. The van der Waals surface area contributed by atoms with Crippen molar-refractivity contribution >= 4 is 21.8 Å². The molecule has 0 saturated heterocycles. The van der Waals surface area contributed by atoms with Gasteiger partial charge >= 0.3 is 0 Å². The van der Waals surface area contributed by atoms with E-state index in [1.165, 1.54) is 0 Å². The van der Waals surface area contributed by atoms with Crippen molar-refractivity contribution in [2.75, 3.05) is 0 Å². The van der Waals surface area contributed by atoms with Crippen LogP contribution in [0.4, 0.5) is 0 Å². The molecule has 31 heavy (non-hydrogen) atoms. The minimum atomic E-state index is -1.42. The molecule has 2 aromatic rings. The summed E-state index contributed by atoms with van der Waals surface area (Å²) >= 11 is 3.45. The van der Waals surface area contributed by atoms with Gasteiger partial charge in [-0.1, -0.05) is 28.1 Å². The van der Waals surface area contributed by atoms with Crippen molar-refractivity contribution in [1.29, 1.82) is 10.5 Å². The van der Waals surface area contributed by atoms with Gasteiger partial charge in [-0.3, -0.25) is 0 Å². The van der Waals surface area contributed by atoms with Gasteiger partial charge in [0.2, 0.25) is 11.8 Å². The van der Waals surface area contributed by atoms with Gasteiger partial charge in [0, 0.05) is 22.5 Å². The van der Waals surface area contributed by atoms with Gasteiger partial charge in [-0.25, -0.2) is 5.87 Å². The van der Waals surface area contributed by atoms with E-state index in [0.717, 1.165) is 28.4 Å². The molecule has 2 N–H and O–H groups in total. The quantitative estimate of drug-likeness (QED) is 0.402. The molecule has 0 amide bonds. The summed E-state index contributed by atoms with van der Waals surface area (Å²) in [6, 6.07) is 15.1. The SMILES string of the molecule is Cc1cc[n+]([C@@H]2[C@@H](c3ccc(Br)cc3)C(C#N)=C(C(=C=[N-])C#N)N[C@]2(O)C2CC2)cc1. The Morgan fingerprint density at radius 2 is 1.84 bits per heavy atom. The molecule has 1 aliphatic heterocycles. The average molecular weight is 474 g/mol. The molecule has 7 heteroatoms. The van der Waals surface area contributed by atoms with Gasteiger partial charge in [-0.05, 0) is 43.0 Å². The zero-order valence-corrected chi connectivity index (χ0v) is 18.5. The number of aryl methyl sites for hydroxylation is 1. The van der Waals surface area contributed by atoms with Crippen molar-refractivity contribution in [3.63, 3.8) is 0 Å². The number of nitrogens with one attached hydrogen (secondary N) is 1. The second-order valence-electron chi connectivity index (χ2n) is 8.02. The van der Waals surface area contributed by atoms with Gasteiger partial charge in [0.25, 0.3) is 0 Å². The molecule has 0 unspecified atom stereocenters. The smallest absolute Gasteiger partial charge is 0.216 e. The van der Waals surface area contributed by atoms with Crippen molar-refractivity contribution in [3.05, 3.63) is 86.6 Å². The first-order chi connectivity index (χ1) is 14.9. The van der Waals surface area contributed by atoms with E-state index in [1.54, 1.807) is 0 Å². The number of hydrogen-bond donors (Lipinski definition) is 2. The summed E-state index contributed by atoms with van der Waals surface area (Å²) in [5.41, 5.74) is 0.669. The van der Waals surface area contributed by atoms with E-state index >= 15 is 0 Å². The normalized spacial score (nSPS) is 25.1. The Morgan fingerprint density at radius 3 is 2.35 bits per heavy atom. The summed E-state index contributed by atoms with van der Waals surface area (Å²) < 4.78 is 2.82. The van der Waals surface area contributed by atoms with Crippen LogP contribution in [0.2, 0.25) is 0 Å². The Labute approximate surface area is 189 Å². The minimum absolute atomic E-state index is 0.0573. The average Bonchev–Trinajstić information content (AvgIpc) is 3.62.